The molecule has 1 aliphatic rings. The molecule has 0 aromatic heterocycles. The molecule has 2 N–H and O–H groups in total. The SMILES string of the molecule is CC(=O)N(C)c1cccc(NC(=O)C2CCC(C(=O)Nc3cccc(N(C)C(C)=O)c3)CC2)c1. The van der Waals surface area contributed by atoms with Crippen molar-refractivity contribution in [1.82, 2.24) is 0 Å². The van der Waals surface area contributed by atoms with E-state index >= 15 is 0 Å². The Kier molecular flexibility index (Phi) is 8.04. The van der Waals surface area contributed by atoms with Crippen molar-refractivity contribution in [2.75, 3.05) is 34.5 Å². The van der Waals surface area contributed by atoms with Crippen LogP contribution in [-0.4, -0.2) is 37.7 Å². The molecule has 0 heterocycles. The van der Waals surface area contributed by atoms with Gasteiger partial charge in [-0.2, -0.15) is 0 Å². The number of hydrogen-bond acceptors (Lipinski definition) is 4. The average molecular weight is 465 g/mol. The highest BCUT2D eigenvalue weighted by molar-refractivity contribution is 5.97. The fraction of sp³-hybridized carbons (Fsp3) is 0.385. The van der Waals surface area contributed by atoms with Crippen molar-refractivity contribution in [2.45, 2.75) is 39.5 Å². The van der Waals surface area contributed by atoms with Gasteiger partial charge in [0.15, 0.2) is 0 Å². The van der Waals surface area contributed by atoms with E-state index in [2.05, 4.69) is 10.6 Å². The number of amides is 4. The van der Waals surface area contributed by atoms with E-state index in [0.717, 1.165) is 0 Å². The maximum Gasteiger partial charge on any atom is 0.227 e. The second-order valence-electron chi connectivity index (χ2n) is 8.78. The van der Waals surface area contributed by atoms with Crippen molar-refractivity contribution in [1.29, 1.82) is 0 Å². The van der Waals surface area contributed by atoms with Gasteiger partial charge in [0.05, 0.1) is 0 Å². The molecule has 4 amide bonds. The Hall–Kier alpha value is -3.68. The number of nitrogens with zero attached hydrogens (tertiary/aromatic N) is 2. The van der Waals surface area contributed by atoms with Crippen LogP contribution in [-0.2, 0) is 19.2 Å². The molecule has 0 bridgehead atoms. The van der Waals surface area contributed by atoms with Gasteiger partial charge < -0.3 is 20.4 Å². The summed E-state index contributed by atoms with van der Waals surface area (Å²) in [5, 5.41) is 5.89. The molecule has 0 unspecified atom stereocenters. The van der Waals surface area contributed by atoms with E-state index in [1.807, 2.05) is 12.1 Å². The van der Waals surface area contributed by atoms with E-state index in [-0.39, 0.29) is 35.5 Å². The Morgan fingerprint density at radius 2 is 1.03 bits per heavy atom. The monoisotopic (exact) mass is 464 g/mol. The molecule has 0 atom stereocenters. The summed E-state index contributed by atoms with van der Waals surface area (Å²) >= 11 is 0. The Balaban J connectivity index is 1.53. The lowest BCUT2D eigenvalue weighted by atomic mass is 9.81. The lowest BCUT2D eigenvalue weighted by Crippen LogP contribution is -2.32. The van der Waals surface area contributed by atoms with Crippen LogP contribution in [0.25, 0.3) is 0 Å². The normalized spacial score (nSPS) is 17.4. The first-order valence-electron chi connectivity index (χ1n) is 11.5. The lowest BCUT2D eigenvalue weighted by molar-refractivity contribution is -0.125. The molecule has 8 nitrogen and oxygen atoms in total. The van der Waals surface area contributed by atoms with Crippen molar-refractivity contribution in [3.8, 4) is 0 Å². The standard InChI is InChI=1S/C26H32N4O4/c1-17(31)29(3)23-9-5-7-21(15-23)27-25(33)19-11-13-20(14-12-19)26(34)28-22-8-6-10-24(16-22)30(4)18(2)32/h5-10,15-16,19-20H,11-14H2,1-4H3,(H,27,33)(H,28,34). The van der Waals surface area contributed by atoms with Gasteiger partial charge in [-0.3, -0.25) is 19.2 Å². The largest absolute Gasteiger partial charge is 0.326 e. The fourth-order valence-corrected chi connectivity index (χ4v) is 4.05. The second-order valence-corrected chi connectivity index (χ2v) is 8.78. The molecule has 8 heteroatoms. The quantitative estimate of drug-likeness (QED) is 0.674. The van der Waals surface area contributed by atoms with Gasteiger partial charge in [-0.25, -0.2) is 0 Å². The zero-order valence-electron chi connectivity index (χ0n) is 20.1. The van der Waals surface area contributed by atoms with Crippen LogP contribution in [0.2, 0.25) is 0 Å². The van der Waals surface area contributed by atoms with Crippen molar-refractivity contribution in [3.05, 3.63) is 48.5 Å². The van der Waals surface area contributed by atoms with Gasteiger partial charge in [-0.15, -0.1) is 0 Å². The highest BCUT2D eigenvalue weighted by Crippen LogP contribution is 2.31. The minimum atomic E-state index is -0.161. The molecule has 1 saturated carbocycles. The summed E-state index contributed by atoms with van der Waals surface area (Å²) in [7, 11) is 3.38. The van der Waals surface area contributed by atoms with Gasteiger partial charge in [0, 0.05) is 62.5 Å². The van der Waals surface area contributed by atoms with Gasteiger partial charge in [0.25, 0.3) is 0 Å². The molecule has 0 aliphatic heterocycles. The number of benzene rings is 2. The summed E-state index contributed by atoms with van der Waals surface area (Å²) in [6.07, 6.45) is 2.52. The third kappa shape index (κ3) is 6.21. The number of carbonyl (C=O) groups is 4. The van der Waals surface area contributed by atoms with Gasteiger partial charge in [-0.05, 0) is 62.1 Å². The fourth-order valence-electron chi connectivity index (χ4n) is 4.05. The predicted molar refractivity (Wildman–Crippen MR) is 134 cm³/mol. The Morgan fingerprint density at radius 3 is 1.35 bits per heavy atom. The first kappa shape index (κ1) is 25.0. The van der Waals surface area contributed by atoms with E-state index in [1.165, 1.54) is 23.6 Å². The molecule has 2 aromatic carbocycles. The smallest absolute Gasteiger partial charge is 0.227 e. The first-order valence-corrected chi connectivity index (χ1v) is 11.5. The Bertz CT molecular complexity index is 990. The summed E-state index contributed by atoms with van der Waals surface area (Å²) in [6, 6.07) is 14.4. The molecule has 1 aliphatic carbocycles. The van der Waals surface area contributed by atoms with Crippen LogP contribution in [0.4, 0.5) is 22.7 Å². The summed E-state index contributed by atoms with van der Waals surface area (Å²) in [4.78, 5) is 51.8. The van der Waals surface area contributed by atoms with Crippen molar-refractivity contribution in [2.24, 2.45) is 11.8 Å². The number of anilines is 4. The van der Waals surface area contributed by atoms with Gasteiger partial charge in [0.1, 0.15) is 0 Å². The number of nitrogens with one attached hydrogen (secondary N) is 2. The van der Waals surface area contributed by atoms with Crippen molar-refractivity contribution in [3.63, 3.8) is 0 Å². The lowest BCUT2D eigenvalue weighted by Gasteiger charge is -2.27. The van der Waals surface area contributed by atoms with Crippen molar-refractivity contribution >= 4 is 46.4 Å². The van der Waals surface area contributed by atoms with Gasteiger partial charge in [0.2, 0.25) is 23.6 Å². The highest BCUT2D eigenvalue weighted by atomic mass is 16.2. The molecule has 0 spiro atoms. The van der Waals surface area contributed by atoms with Crippen LogP contribution in [0.5, 0.6) is 0 Å². The predicted octanol–water partition coefficient (Wildman–Crippen LogP) is 4.04. The van der Waals surface area contributed by atoms with Crippen molar-refractivity contribution < 1.29 is 19.2 Å². The van der Waals surface area contributed by atoms with Crippen LogP contribution in [0.1, 0.15) is 39.5 Å². The second kappa shape index (κ2) is 11.0. The van der Waals surface area contributed by atoms with E-state index in [4.69, 9.17) is 0 Å². The third-order valence-corrected chi connectivity index (χ3v) is 6.42. The Labute approximate surface area is 200 Å². The summed E-state index contributed by atoms with van der Waals surface area (Å²) in [5.41, 5.74) is 2.71. The molecule has 3 rings (SSSR count). The summed E-state index contributed by atoms with van der Waals surface area (Å²) in [5.74, 6) is -0.630. The zero-order chi connectivity index (χ0) is 24.8. The molecule has 0 saturated heterocycles. The number of carbonyl (C=O) groups excluding carboxylic acids is 4. The summed E-state index contributed by atoms with van der Waals surface area (Å²) in [6.45, 7) is 2.97. The van der Waals surface area contributed by atoms with Crippen LogP contribution < -0.4 is 20.4 Å². The first-order chi connectivity index (χ1) is 16.2. The van der Waals surface area contributed by atoms with E-state index < -0.39 is 0 Å². The maximum absolute atomic E-state index is 12.8. The number of rotatable bonds is 6. The molecule has 180 valence electrons. The minimum Gasteiger partial charge on any atom is -0.326 e. The Morgan fingerprint density at radius 1 is 0.676 bits per heavy atom. The molecule has 34 heavy (non-hydrogen) atoms. The van der Waals surface area contributed by atoms with Gasteiger partial charge in [-0.1, -0.05) is 12.1 Å². The number of hydrogen-bond donors (Lipinski definition) is 2. The van der Waals surface area contributed by atoms with E-state index in [0.29, 0.717) is 48.4 Å². The topological polar surface area (TPSA) is 98.8 Å². The highest BCUT2D eigenvalue weighted by Gasteiger charge is 2.30. The van der Waals surface area contributed by atoms with E-state index in [9.17, 15) is 19.2 Å². The van der Waals surface area contributed by atoms with E-state index in [1.54, 1.807) is 50.5 Å². The summed E-state index contributed by atoms with van der Waals surface area (Å²) < 4.78 is 0. The minimum absolute atomic E-state index is 0.0681. The molecular formula is C26H32N4O4. The molecule has 1 fully saturated rings. The van der Waals surface area contributed by atoms with Crippen LogP contribution in [0.3, 0.4) is 0 Å². The third-order valence-electron chi connectivity index (χ3n) is 6.42. The van der Waals surface area contributed by atoms with Crippen LogP contribution in [0.15, 0.2) is 48.5 Å². The maximum atomic E-state index is 12.8. The van der Waals surface area contributed by atoms with Crippen LogP contribution >= 0.6 is 0 Å². The van der Waals surface area contributed by atoms with Gasteiger partial charge >= 0.3 is 0 Å². The average Bonchev–Trinajstić information content (AvgIpc) is 2.83. The van der Waals surface area contributed by atoms with Crippen LogP contribution in [0, 0.1) is 11.8 Å². The molecular weight excluding hydrogens is 432 g/mol. The molecule has 2 aromatic rings. The molecule has 0 radical (unpaired) electrons. The zero-order valence-corrected chi connectivity index (χ0v) is 20.1.